The second kappa shape index (κ2) is 6.48. The minimum absolute atomic E-state index is 0.0402. The Labute approximate surface area is 102 Å². The number of aryl methyl sites for hydroxylation is 1. The standard InChI is InChI=1S/C14H22O3/c1-10(2)7-5-4-6-8-12-9-13(15)11(3)14(16)17-12/h9-10,15H,4-8H2,1-3H3. The predicted molar refractivity (Wildman–Crippen MR) is 68.4 cm³/mol. The summed E-state index contributed by atoms with van der Waals surface area (Å²) in [6.45, 7) is 6.00. The van der Waals surface area contributed by atoms with Crippen LogP contribution in [0, 0.1) is 12.8 Å². The minimum atomic E-state index is -0.429. The lowest BCUT2D eigenvalue weighted by Gasteiger charge is -2.04. The normalized spacial score (nSPS) is 11.1. The molecule has 1 aromatic rings. The first-order valence-corrected chi connectivity index (χ1v) is 6.33. The molecular weight excluding hydrogens is 216 g/mol. The molecule has 1 N–H and O–H groups in total. The maximum atomic E-state index is 11.3. The van der Waals surface area contributed by atoms with Gasteiger partial charge in [-0.1, -0.05) is 33.1 Å². The molecule has 0 unspecified atom stereocenters. The maximum absolute atomic E-state index is 11.3. The van der Waals surface area contributed by atoms with Gasteiger partial charge in [-0.3, -0.25) is 0 Å². The summed E-state index contributed by atoms with van der Waals surface area (Å²) >= 11 is 0. The van der Waals surface area contributed by atoms with E-state index in [4.69, 9.17) is 4.42 Å². The monoisotopic (exact) mass is 238 g/mol. The van der Waals surface area contributed by atoms with E-state index in [9.17, 15) is 9.90 Å². The largest absolute Gasteiger partial charge is 0.507 e. The molecule has 1 rings (SSSR count). The summed E-state index contributed by atoms with van der Waals surface area (Å²) in [6, 6.07) is 1.55. The van der Waals surface area contributed by atoms with Gasteiger partial charge in [-0.2, -0.15) is 0 Å². The highest BCUT2D eigenvalue weighted by Crippen LogP contribution is 2.16. The molecule has 0 fully saturated rings. The van der Waals surface area contributed by atoms with Crippen LogP contribution in [-0.2, 0) is 6.42 Å². The molecule has 0 bridgehead atoms. The molecule has 3 heteroatoms. The number of rotatable bonds is 6. The number of hydrogen-bond donors (Lipinski definition) is 1. The Kier molecular flexibility index (Phi) is 5.26. The van der Waals surface area contributed by atoms with Crippen molar-refractivity contribution in [2.75, 3.05) is 0 Å². The quantitative estimate of drug-likeness (QED) is 0.773. The van der Waals surface area contributed by atoms with Crippen molar-refractivity contribution in [3.05, 3.63) is 27.8 Å². The molecule has 0 saturated carbocycles. The lowest BCUT2D eigenvalue weighted by molar-refractivity contribution is 0.410. The molecule has 1 heterocycles. The lowest BCUT2D eigenvalue weighted by Crippen LogP contribution is -2.05. The van der Waals surface area contributed by atoms with E-state index in [1.165, 1.54) is 12.8 Å². The van der Waals surface area contributed by atoms with Crippen LogP contribution in [0.3, 0.4) is 0 Å². The third-order valence-electron chi connectivity index (χ3n) is 2.92. The Hall–Kier alpha value is -1.25. The summed E-state index contributed by atoms with van der Waals surface area (Å²) in [7, 11) is 0. The van der Waals surface area contributed by atoms with Crippen molar-refractivity contribution in [2.24, 2.45) is 5.92 Å². The van der Waals surface area contributed by atoms with E-state index in [-0.39, 0.29) is 11.3 Å². The average molecular weight is 238 g/mol. The molecule has 0 aliphatic heterocycles. The Morgan fingerprint density at radius 2 is 2.00 bits per heavy atom. The Bertz CT molecular complexity index is 404. The first-order valence-electron chi connectivity index (χ1n) is 6.33. The zero-order chi connectivity index (χ0) is 12.8. The van der Waals surface area contributed by atoms with Crippen LogP contribution < -0.4 is 5.63 Å². The third-order valence-corrected chi connectivity index (χ3v) is 2.92. The van der Waals surface area contributed by atoms with E-state index in [0.29, 0.717) is 5.76 Å². The molecule has 0 amide bonds. The van der Waals surface area contributed by atoms with E-state index in [2.05, 4.69) is 13.8 Å². The van der Waals surface area contributed by atoms with E-state index in [0.717, 1.165) is 25.2 Å². The van der Waals surface area contributed by atoms with Gasteiger partial charge in [0.25, 0.3) is 0 Å². The van der Waals surface area contributed by atoms with Gasteiger partial charge in [0.15, 0.2) is 0 Å². The van der Waals surface area contributed by atoms with Crippen LogP contribution in [0.15, 0.2) is 15.3 Å². The van der Waals surface area contributed by atoms with Crippen LogP contribution >= 0.6 is 0 Å². The van der Waals surface area contributed by atoms with Gasteiger partial charge in [-0.15, -0.1) is 0 Å². The van der Waals surface area contributed by atoms with Gasteiger partial charge in [0, 0.05) is 12.5 Å². The summed E-state index contributed by atoms with van der Waals surface area (Å²) in [5, 5.41) is 9.50. The first-order chi connectivity index (χ1) is 8.00. The molecule has 0 atom stereocenters. The third kappa shape index (κ3) is 4.63. The minimum Gasteiger partial charge on any atom is -0.507 e. The highest BCUT2D eigenvalue weighted by molar-refractivity contribution is 5.28. The summed E-state index contributed by atoms with van der Waals surface area (Å²) < 4.78 is 5.10. The van der Waals surface area contributed by atoms with Crippen LogP contribution in [-0.4, -0.2) is 5.11 Å². The van der Waals surface area contributed by atoms with Crippen molar-refractivity contribution >= 4 is 0 Å². The van der Waals surface area contributed by atoms with Gasteiger partial charge in [0.1, 0.15) is 11.5 Å². The van der Waals surface area contributed by atoms with Crippen molar-refractivity contribution < 1.29 is 9.52 Å². The average Bonchev–Trinajstić information content (AvgIpc) is 2.25. The van der Waals surface area contributed by atoms with Gasteiger partial charge >= 0.3 is 5.63 Å². The summed E-state index contributed by atoms with van der Waals surface area (Å²) in [6.07, 6.45) is 5.30. The molecule has 0 spiro atoms. The first kappa shape index (κ1) is 13.8. The van der Waals surface area contributed by atoms with E-state index >= 15 is 0 Å². The molecule has 96 valence electrons. The molecular formula is C14H22O3. The van der Waals surface area contributed by atoms with Crippen LogP contribution in [0.5, 0.6) is 5.75 Å². The van der Waals surface area contributed by atoms with Crippen LogP contribution in [0.4, 0.5) is 0 Å². The SMILES string of the molecule is Cc1c(O)cc(CCCCCC(C)C)oc1=O. The second-order valence-electron chi connectivity index (χ2n) is 5.00. The second-order valence-corrected chi connectivity index (χ2v) is 5.00. The van der Waals surface area contributed by atoms with Gasteiger partial charge in [0.05, 0.1) is 5.56 Å². The zero-order valence-corrected chi connectivity index (χ0v) is 11.0. The number of hydrogen-bond acceptors (Lipinski definition) is 3. The molecule has 0 aromatic carbocycles. The Morgan fingerprint density at radius 3 is 2.59 bits per heavy atom. The summed E-state index contributed by atoms with van der Waals surface area (Å²) in [4.78, 5) is 11.3. The predicted octanol–water partition coefficient (Wildman–Crippen LogP) is 3.41. The molecule has 0 aliphatic rings. The number of unbranched alkanes of at least 4 members (excludes halogenated alkanes) is 2. The van der Waals surface area contributed by atoms with Gasteiger partial charge in [-0.05, 0) is 19.3 Å². The van der Waals surface area contributed by atoms with Gasteiger partial charge < -0.3 is 9.52 Å². The van der Waals surface area contributed by atoms with Gasteiger partial charge in [-0.25, -0.2) is 4.79 Å². The lowest BCUT2D eigenvalue weighted by atomic mass is 10.0. The van der Waals surface area contributed by atoms with Crippen molar-refractivity contribution in [2.45, 2.75) is 52.9 Å². The van der Waals surface area contributed by atoms with Crippen molar-refractivity contribution in [3.63, 3.8) is 0 Å². The Morgan fingerprint density at radius 1 is 1.29 bits per heavy atom. The Balaban J connectivity index is 2.40. The smallest absolute Gasteiger partial charge is 0.342 e. The number of aromatic hydroxyl groups is 1. The highest BCUT2D eigenvalue weighted by Gasteiger charge is 2.06. The highest BCUT2D eigenvalue weighted by atomic mass is 16.4. The van der Waals surface area contributed by atoms with Crippen molar-refractivity contribution in [1.82, 2.24) is 0 Å². The van der Waals surface area contributed by atoms with E-state index in [1.54, 1.807) is 13.0 Å². The topological polar surface area (TPSA) is 50.4 Å². The summed E-state index contributed by atoms with van der Waals surface area (Å²) in [5.74, 6) is 1.37. The fourth-order valence-corrected chi connectivity index (χ4v) is 1.74. The maximum Gasteiger partial charge on any atom is 0.342 e. The van der Waals surface area contributed by atoms with Crippen LogP contribution in [0.1, 0.15) is 50.9 Å². The molecule has 3 nitrogen and oxygen atoms in total. The van der Waals surface area contributed by atoms with Gasteiger partial charge in [0.2, 0.25) is 0 Å². The molecule has 0 saturated heterocycles. The van der Waals surface area contributed by atoms with Crippen LogP contribution in [0.2, 0.25) is 0 Å². The molecule has 0 radical (unpaired) electrons. The fraction of sp³-hybridized carbons (Fsp3) is 0.643. The van der Waals surface area contributed by atoms with E-state index in [1.807, 2.05) is 0 Å². The van der Waals surface area contributed by atoms with Crippen molar-refractivity contribution in [3.8, 4) is 5.75 Å². The zero-order valence-electron chi connectivity index (χ0n) is 11.0. The fourth-order valence-electron chi connectivity index (χ4n) is 1.74. The molecule has 1 aromatic heterocycles. The molecule has 17 heavy (non-hydrogen) atoms. The van der Waals surface area contributed by atoms with E-state index < -0.39 is 5.63 Å². The summed E-state index contributed by atoms with van der Waals surface area (Å²) in [5.41, 5.74) is -0.143. The molecule has 0 aliphatic carbocycles. The van der Waals surface area contributed by atoms with Crippen molar-refractivity contribution in [1.29, 1.82) is 0 Å². The van der Waals surface area contributed by atoms with Crippen LogP contribution in [0.25, 0.3) is 0 Å².